The average molecular weight is 785 g/mol. The van der Waals surface area contributed by atoms with Gasteiger partial charge in [0.05, 0.1) is 11.4 Å². The number of para-hydroxylation sites is 2. The molecule has 4 aliphatic carbocycles. The van der Waals surface area contributed by atoms with Crippen molar-refractivity contribution in [2.45, 2.75) is 37.5 Å². The van der Waals surface area contributed by atoms with E-state index in [2.05, 4.69) is 169 Å². The van der Waals surface area contributed by atoms with E-state index in [1.807, 2.05) is 18.2 Å². The third-order valence-corrected chi connectivity index (χ3v) is 14.9. The Bertz CT molecular complexity index is 3130. The predicted octanol–water partition coefficient (Wildman–Crippen LogP) is 14.4. The van der Waals surface area contributed by atoms with Gasteiger partial charge in [0.15, 0.2) is 17.5 Å². The SMILES string of the molecule is c1ccc(-c2nc(-c3ccc(-c4ccc5c(c4)C4(c6ccccc6N5c5ccccc5)C5CC6CC(C5)CC4C6)cc3)nc(-c3ccc4c(ccc5ccccc54)c3)n2)cc1. The Kier molecular flexibility index (Phi) is 7.76. The summed E-state index contributed by atoms with van der Waals surface area (Å²) in [7, 11) is 0. The van der Waals surface area contributed by atoms with Gasteiger partial charge in [0.2, 0.25) is 0 Å². The van der Waals surface area contributed by atoms with Crippen LogP contribution in [0.1, 0.15) is 43.2 Å². The van der Waals surface area contributed by atoms with Gasteiger partial charge in [-0.3, -0.25) is 0 Å². The number of anilines is 3. The Hall–Kier alpha value is -6.91. The molecule has 14 rings (SSSR count). The maximum atomic E-state index is 5.16. The van der Waals surface area contributed by atoms with Crippen molar-refractivity contribution in [1.29, 1.82) is 0 Å². The van der Waals surface area contributed by atoms with Gasteiger partial charge in [0, 0.05) is 27.8 Å². The molecule has 0 N–H and O–H groups in total. The van der Waals surface area contributed by atoms with Gasteiger partial charge < -0.3 is 4.90 Å². The van der Waals surface area contributed by atoms with Crippen molar-refractivity contribution >= 4 is 38.6 Å². The lowest BCUT2D eigenvalue weighted by atomic mass is 9.41. The van der Waals surface area contributed by atoms with E-state index in [0.29, 0.717) is 29.3 Å². The average Bonchev–Trinajstić information content (AvgIpc) is 3.32. The van der Waals surface area contributed by atoms with E-state index >= 15 is 0 Å². The van der Waals surface area contributed by atoms with Gasteiger partial charge in [-0.05, 0) is 136 Å². The molecule has 0 atom stereocenters. The van der Waals surface area contributed by atoms with Crippen molar-refractivity contribution in [3.63, 3.8) is 0 Å². The van der Waals surface area contributed by atoms with Crippen LogP contribution in [0.25, 0.3) is 66.8 Å². The second-order valence-corrected chi connectivity index (χ2v) is 18.1. The van der Waals surface area contributed by atoms with Crippen LogP contribution in [0.3, 0.4) is 0 Å². The number of hydrogen-bond donors (Lipinski definition) is 0. The summed E-state index contributed by atoms with van der Waals surface area (Å²) in [6, 6.07) is 66.4. The second kappa shape index (κ2) is 13.6. The van der Waals surface area contributed by atoms with Crippen LogP contribution in [0.15, 0.2) is 182 Å². The Morgan fingerprint density at radius 3 is 1.67 bits per heavy atom. The lowest BCUT2D eigenvalue weighted by Gasteiger charge is -2.64. The van der Waals surface area contributed by atoms with Crippen molar-refractivity contribution in [1.82, 2.24) is 15.0 Å². The quantitative estimate of drug-likeness (QED) is 0.163. The highest BCUT2D eigenvalue weighted by Crippen LogP contribution is 2.69. The molecule has 61 heavy (non-hydrogen) atoms. The van der Waals surface area contributed by atoms with Gasteiger partial charge >= 0.3 is 0 Å². The Balaban J connectivity index is 0.924. The van der Waals surface area contributed by atoms with Gasteiger partial charge in [0.1, 0.15) is 0 Å². The molecule has 2 heterocycles. The molecule has 4 nitrogen and oxygen atoms in total. The summed E-state index contributed by atoms with van der Waals surface area (Å²) >= 11 is 0. The number of nitrogens with zero attached hydrogens (tertiary/aromatic N) is 4. The molecule has 0 unspecified atom stereocenters. The minimum atomic E-state index is 0.0194. The first kappa shape index (κ1) is 34.9. The number of aromatic nitrogens is 3. The lowest BCUT2D eigenvalue weighted by molar-refractivity contribution is -0.0419. The van der Waals surface area contributed by atoms with Crippen molar-refractivity contribution in [3.05, 3.63) is 193 Å². The molecule has 292 valence electrons. The third kappa shape index (κ3) is 5.41. The molecule has 0 saturated heterocycles. The number of benzene rings is 8. The predicted molar refractivity (Wildman–Crippen MR) is 249 cm³/mol. The topological polar surface area (TPSA) is 41.9 Å². The zero-order chi connectivity index (χ0) is 40.1. The van der Waals surface area contributed by atoms with Crippen LogP contribution in [0.4, 0.5) is 17.1 Å². The van der Waals surface area contributed by atoms with Crippen LogP contribution in [0.5, 0.6) is 0 Å². The van der Waals surface area contributed by atoms with E-state index in [1.165, 1.54) is 93.0 Å². The molecule has 1 aromatic heterocycles. The highest BCUT2D eigenvalue weighted by Gasteiger charge is 2.61. The highest BCUT2D eigenvalue weighted by molar-refractivity contribution is 6.08. The van der Waals surface area contributed by atoms with Gasteiger partial charge in [-0.25, -0.2) is 15.0 Å². The zero-order valence-corrected chi connectivity index (χ0v) is 34.0. The molecule has 4 heteroatoms. The molecule has 4 fully saturated rings. The number of fused-ring (bicyclic) bond motifs is 5. The number of hydrogen-bond acceptors (Lipinski definition) is 4. The largest absolute Gasteiger partial charge is 0.310 e. The minimum Gasteiger partial charge on any atom is -0.310 e. The Morgan fingerprint density at radius 2 is 0.918 bits per heavy atom. The van der Waals surface area contributed by atoms with Gasteiger partial charge in [-0.1, -0.05) is 146 Å². The second-order valence-electron chi connectivity index (χ2n) is 18.1. The summed E-state index contributed by atoms with van der Waals surface area (Å²) in [5.74, 6) is 5.10. The van der Waals surface area contributed by atoms with Crippen molar-refractivity contribution < 1.29 is 0 Å². The smallest absolute Gasteiger partial charge is 0.164 e. The maximum absolute atomic E-state index is 5.16. The standard InChI is InChI=1S/C57H44N4/c1-3-12-40(13-4-1)54-58-55(60-56(59-54)44-25-27-49-43(34-44)24-21-39-11-7-8-16-48(39)49)41-22-19-38(20-23-41)42-26-28-53-51(35-42)57(45-30-36-29-37(32-45)33-46(57)31-36)50-17-9-10-18-52(50)61(53)47-14-5-2-6-15-47/h1-28,34-37,45-46H,29-33H2. The summed E-state index contributed by atoms with van der Waals surface area (Å²) in [5.41, 5.74) is 12.4. The fraction of sp³-hybridized carbons (Fsp3) is 0.175. The molecule has 1 spiro atoms. The Morgan fingerprint density at radius 1 is 0.377 bits per heavy atom. The molecule has 4 saturated carbocycles. The maximum Gasteiger partial charge on any atom is 0.164 e. The monoisotopic (exact) mass is 784 g/mol. The molecular weight excluding hydrogens is 741 g/mol. The first-order chi connectivity index (χ1) is 30.2. The first-order valence-corrected chi connectivity index (χ1v) is 22.1. The molecule has 0 radical (unpaired) electrons. The first-order valence-electron chi connectivity index (χ1n) is 22.1. The highest BCUT2D eigenvalue weighted by atomic mass is 15.2. The lowest BCUT2D eigenvalue weighted by Crippen LogP contribution is -2.57. The molecule has 0 amide bonds. The normalized spacial score (nSPS) is 22.1. The molecule has 5 aliphatic rings. The molecule has 4 bridgehead atoms. The van der Waals surface area contributed by atoms with Gasteiger partial charge in [-0.2, -0.15) is 0 Å². The van der Waals surface area contributed by atoms with Crippen LogP contribution in [-0.4, -0.2) is 15.0 Å². The summed E-state index contributed by atoms with van der Waals surface area (Å²) in [6.07, 6.45) is 6.83. The summed E-state index contributed by atoms with van der Waals surface area (Å²) in [4.78, 5) is 17.9. The molecule has 9 aromatic rings. The van der Waals surface area contributed by atoms with Gasteiger partial charge in [-0.15, -0.1) is 0 Å². The summed E-state index contributed by atoms with van der Waals surface area (Å²) in [5, 5.41) is 4.88. The van der Waals surface area contributed by atoms with Crippen molar-refractivity contribution in [2.75, 3.05) is 4.90 Å². The third-order valence-electron chi connectivity index (χ3n) is 14.9. The van der Waals surface area contributed by atoms with Crippen LogP contribution < -0.4 is 4.90 Å². The van der Waals surface area contributed by atoms with Crippen LogP contribution in [0.2, 0.25) is 0 Å². The minimum absolute atomic E-state index is 0.0194. The van der Waals surface area contributed by atoms with Gasteiger partial charge in [0.25, 0.3) is 0 Å². The summed E-state index contributed by atoms with van der Waals surface area (Å²) < 4.78 is 0. The van der Waals surface area contributed by atoms with Crippen LogP contribution >= 0.6 is 0 Å². The Labute approximate surface area is 356 Å². The van der Waals surface area contributed by atoms with E-state index in [1.54, 1.807) is 0 Å². The molecule has 8 aromatic carbocycles. The van der Waals surface area contributed by atoms with Crippen molar-refractivity contribution in [2.24, 2.45) is 23.7 Å². The summed E-state index contributed by atoms with van der Waals surface area (Å²) in [6.45, 7) is 0. The van der Waals surface area contributed by atoms with Crippen LogP contribution in [0, 0.1) is 23.7 Å². The van der Waals surface area contributed by atoms with E-state index in [-0.39, 0.29) is 5.41 Å². The zero-order valence-electron chi connectivity index (χ0n) is 34.0. The van der Waals surface area contributed by atoms with E-state index < -0.39 is 0 Å². The fourth-order valence-corrected chi connectivity index (χ4v) is 12.5. The molecule has 1 aliphatic heterocycles. The molecular formula is C57H44N4. The van der Waals surface area contributed by atoms with Crippen LogP contribution in [-0.2, 0) is 5.41 Å². The van der Waals surface area contributed by atoms with E-state index in [4.69, 9.17) is 15.0 Å². The van der Waals surface area contributed by atoms with Crippen molar-refractivity contribution in [3.8, 4) is 45.3 Å². The number of rotatable bonds is 5. The van der Waals surface area contributed by atoms with E-state index in [9.17, 15) is 0 Å². The van der Waals surface area contributed by atoms with E-state index in [0.717, 1.165) is 28.5 Å². The fourth-order valence-electron chi connectivity index (χ4n) is 12.5.